The zero-order chi connectivity index (χ0) is 20.2. The number of carbonyl (C=O) groups is 2. The Hall–Kier alpha value is -3.09. The van der Waals surface area contributed by atoms with Crippen molar-refractivity contribution in [3.8, 4) is 5.75 Å². The second-order valence-corrected chi connectivity index (χ2v) is 7.56. The minimum Gasteiger partial charge on any atom is -0.497 e. The predicted molar refractivity (Wildman–Crippen MR) is 111 cm³/mol. The number of amides is 2. The molecule has 0 aliphatic carbocycles. The van der Waals surface area contributed by atoms with Crippen LogP contribution in [0.4, 0.5) is 11.5 Å². The van der Waals surface area contributed by atoms with Gasteiger partial charge in [0.15, 0.2) is 0 Å². The number of ether oxygens (including phenoxy) is 1. The van der Waals surface area contributed by atoms with Crippen LogP contribution in [0.2, 0.25) is 0 Å². The van der Waals surface area contributed by atoms with Gasteiger partial charge in [-0.3, -0.25) is 9.59 Å². The van der Waals surface area contributed by atoms with Crippen molar-refractivity contribution in [2.24, 2.45) is 5.92 Å². The first-order valence-electron chi connectivity index (χ1n) is 10.0. The number of piperidine rings is 1. The van der Waals surface area contributed by atoms with Gasteiger partial charge in [-0.1, -0.05) is 6.07 Å². The molecule has 0 saturated carbocycles. The number of nitrogens with one attached hydrogen (secondary N) is 1. The summed E-state index contributed by atoms with van der Waals surface area (Å²) in [6.07, 6.45) is 3.82. The largest absolute Gasteiger partial charge is 0.497 e. The second-order valence-electron chi connectivity index (χ2n) is 7.56. The summed E-state index contributed by atoms with van der Waals surface area (Å²) in [5, 5.41) is 3.16. The van der Waals surface area contributed by atoms with E-state index in [1.54, 1.807) is 18.2 Å². The minimum absolute atomic E-state index is 0.0136. The van der Waals surface area contributed by atoms with Crippen LogP contribution in [0.25, 0.3) is 0 Å². The van der Waals surface area contributed by atoms with E-state index in [1.807, 2.05) is 42.5 Å². The number of hydrogen-bond acceptors (Lipinski definition) is 5. The van der Waals surface area contributed by atoms with Gasteiger partial charge in [-0.05, 0) is 49.2 Å². The Labute approximate surface area is 170 Å². The average molecular weight is 394 g/mol. The van der Waals surface area contributed by atoms with E-state index in [-0.39, 0.29) is 30.2 Å². The van der Waals surface area contributed by atoms with Crippen LogP contribution in [0.3, 0.4) is 0 Å². The van der Waals surface area contributed by atoms with Crippen molar-refractivity contribution in [3.05, 3.63) is 48.7 Å². The maximum absolute atomic E-state index is 12.8. The fourth-order valence-corrected chi connectivity index (χ4v) is 4.01. The Kier molecular flexibility index (Phi) is 5.64. The highest BCUT2D eigenvalue weighted by Gasteiger charge is 2.36. The first-order chi connectivity index (χ1) is 14.1. The third-order valence-electron chi connectivity index (χ3n) is 5.69. The lowest BCUT2D eigenvalue weighted by atomic mass is 10.0. The van der Waals surface area contributed by atoms with Crippen molar-refractivity contribution in [1.82, 2.24) is 10.3 Å². The van der Waals surface area contributed by atoms with Gasteiger partial charge in [-0.25, -0.2) is 4.98 Å². The number of hydrogen-bond donors (Lipinski definition) is 1. The number of aromatic nitrogens is 1. The molecule has 1 aromatic heterocycles. The highest BCUT2D eigenvalue weighted by molar-refractivity contribution is 6.00. The van der Waals surface area contributed by atoms with Crippen molar-refractivity contribution in [2.75, 3.05) is 36.5 Å². The maximum atomic E-state index is 12.8. The first kappa shape index (κ1) is 19.2. The van der Waals surface area contributed by atoms with E-state index in [9.17, 15) is 9.59 Å². The molecule has 0 radical (unpaired) electrons. The summed E-state index contributed by atoms with van der Waals surface area (Å²) in [6.45, 7) is 2.15. The number of methoxy groups -OCH3 is 1. The van der Waals surface area contributed by atoms with E-state index in [4.69, 9.17) is 4.74 Å². The topological polar surface area (TPSA) is 74.8 Å². The molecule has 2 aliphatic heterocycles. The molecule has 1 unspecified atom stereocenters. The number of carbonyl (C=O) groups excluding carboxylic acids is 2. The molecule has 1 aromatic carbocycles. The van der Waals surface area contributed by atoms with E-state index < -0.39 is 0 Å². The summed E-state index contributed by atoms with van der Waals surface area (Å²) in [4.78, 5) is 33.5. The molecule has 7 nitrogen and oxygen atoms in total. The third-order valence-corrected chi connectivity index (χ3v) is 5.69. The fourth-order valence-electron chi connectivity index (χ4n) is 4.01. The summed E-state index contributed by atoms with van der Waals surface area (Å²) < 4.78 is 5.16. The zero-order valence-electron chi connectivity index (χ0n) is 16.6. The van der Waals surface area contributed by atoms with Crippen LogP contribution in [-0.4, -0.2) is 49.6 Å². The Balaban J connectivity index is 1.30. The SMILES string of the molecule is COc1ccc(N2CC(C(=O)NC3CCN(c4ccccn4)CC3)CC2=O)cc1. The maximum Gasteiger partial charge on any atom is 0.227 e. The second kappa shape index (κ2) is 8.51. The van der Waals surface area contributed by atoms with E-state index in [2.05, 4.69) is 15.2 Å². The normalized spacial score (nSPS) is 20.0. The Bertz CT molecular complexity index is 848. The summed E-state index contributed by atoms with van der Waals surface area (Å²) in [7, 11) is 1.61. The molecule has 0 spiro atoms. The van der Waals surface area contributed by atoms with Gasteiger partial charge in [-0.15, -0.1) is 0 Å². The highest BCUT2D eigenvalue weighted by Crippen LogP contribution is 2.27. The van der Waals surface area contributed by atoms with E-state index in [0.717, 1.165) is 43.2 Å². The molecule has 2 fully saturated rings. The molecule has 7 heteroatoms. The number of anilines is 2. The molecule has 2 aromatic rings. The summed E-state index contributed by atoms with van der Waals surface area (Å²) >= 11 is 0. The summed E-state index contributed by atoms with van der Waals surface area (Å²) in [5.74, 6) is 1.38. The number of benzene rings is 1. The standard InChI is InChI=1S/C22H26N4O3/c1-29-19-7-5-18(6-8-19)26-15-16(14-21(26)27)22(28)24-17-9-12-25(13-10-17)20-4-2-3-11-23-20/h2-8,11,16-17H,9-10,12-15H2,1H3,(H,24,28). The molecule has 2 saturated heterocycles. The van der Waals surface area contributed by atoms with Gasteiger partial charge in [0, 0.05) is 44.0 Å². The van der Waals surface area contributed by atoms with Gasteiger partial charge < -0.3 is 19.9 Å². The third kappa shape index (κ3) is 4.34. The monoisotopic (exact) mass is 394 g/mol. The van der Waals surface area contributed by atoms with Gasteiger partial charge in [-0.2, -0.15) is 0 Å². The Morgan fingerprint density at radius 3 is 2.55 bits per heavy atom. The molecule has 2 aliphatic rings. The van der Waals surface area contributed by atoms with Crippen LogP contribution < -0.4 is 19.9 Å². The Morgan fingerprint density at radius 1 is 1.14 bits per heavy atom. The average Bonchev–Trinajstić information content (AvgIpc) is 3.17. The minimum atomic E-state index is -0.307. The number of rotatable bonds is 5. The predicted octanol–water partition coefficient (Wildman–Crippen LogP) is 2.23. The van der Waals surface area contributed by atoms with Crippen LogP contribution in [0.5, 0.6) is 5.75 Å². The molecular formula is C22H26N4O3. The molecule has 4 rings (SSSR count). The summed E-state index contributed by atoms with van der Waals surface area (Å²) in [6, 6.07) is 13.4. The lowest BCUT2D eigenvalue weighted by Crippen LogP contribution is -2.47. The lowest BCUT2D eigenvalue weighted by molar-refractivity contribution is -0.127. The first-order valence-corrected chi connectivity index (χ1v) is 10.0. The van der Waals surface area contributed by atoms with Crippen molar-refractivity contribution in [3.63, 3.8) is 0 Å². The van der Waals surface area contributed by atoms with Gasteiger partial charge in [0.25, 0.3) is 0 Å². The molecule has 0 bridgehead atoms. The summed E-state index contributed by atoms with van der Waals surface area (Å²) in [5.41, 5.74) is 0.801. The lowest BCUT2D eigenvalue weighted by Gasteiger charge is -2.33. The van der Waals surface area contributed by atoms with Gasteiger partial charge in [0.2, 0.25) is 11.8 Å². The molecule has 29 heavy (non-hydrogen) atoms. The van der Waals surface area contributed by atoms with E-state index in [1.165, 1.54) is 0 Å². The van der Waals surface area contributed by atoms with E-state index in [0.29, 0.717) is 6.54 Å². The Morgan fingerprint density at radius 2 is 1.90 bits per heavy atom. The van der Waals surface area contributed by atoms with Crippen molar-refractivity contribution in [1.29, 1.82) is 0 Å². The van der Waals surface area contributed by atoms with Crippen molar-refractivity contribution in [2.45, 2.75) is 25.3 Å². The van der Waals surface area contributed by atoms with Gasteiger partial charge in [0.1, 0.15) is 11.6 Å². The van der Waals surface area contributed by atoms with Crippen LogP contribution >= 0.6 is 0 Å². The molecule has 1 N–H and O–H groups in total. The van der Waals surface area contributed by atoms with Crippen LogP contribution in [-0.2, 0) is 9.59 Å². The molecule has 2 amide bonds. The fraction of sp³-hybridized carbons (Fsp3) is 0.409. The van der Waals surface area contributed by atoms with Crippen LogP contribution in [0.1, 0.15) is 19.3 Å². The zero-order valence-corrected chi connectivity index (χ0v) is 16.6. The highest BCUT2D eigenvalue weighted by atomic mass is 16.5. The van der Waals surface area contributed by atoms with Gasteiger partial charge in [0.05, 0.1) is 13.0 Å². The van der Waals surface area contributed by atoms with Crippen LogP contribution in [0.15, 0.2) is 48.7 Å². The number of pyridine rings is 1. The molecule has 3 heterocycles. The quantitative estimate of drug-likeness (QED) is 0.842. The van der Waals surface area contributed by atoms with Crippen LogP contribution in [0, 0.1) is 5.92 Å². The van der Waals surface area contributed by atoms with Gasteiger partial charge >= 0.3 is 0 Å². The van der Waals surface area contributed by atoms with Crippen molar-refractivity contribution >= 4 is 23.3 Å². The molecule has 1 atom stereocenters. The van der Waals surface area contributed by atoms with E-state index >= 15 is 0 Å². The van der Waals surface area contributed by atoms with Crippen molar-refractivity contribution < 1.29 is 14.3 Å². The molecular weight excluding hydrogens is 368 g/mol. The smallest absolute Gasteiger partial charge is 0.227 e. The molecule has 152 valence electrons. The number of nitrogens with zero attached hydrogens (tertiary/aromatic N) is 3.